The number of pyridine rings is 1. The third-order valence-corrected chi connectivity index (χ3v) is 5.81. The van der Waals surface area contributed by atoms with Crippen LogP contribution in [0.25, 0.3) is 49.2 Å². The van der Waals surface area contributed by atoms with Gasteiger partial charge in [0.1, 0.15) is 15.9 Å². The molecule has 29 heavy (non-hydrogen) atoms. The summed E-state index contributed by atoms with van der Waals surface area (Å²) >= 11 is 1.57. The Hall–Kier alpha value is -3.72. The summed E-state index contributed by atoms with van der Waals surface area (Å²) in [6.45, 7) is 4.07. The second kappa shape index (κ2) is 5.89. The Labute approximate surface area is 167 Å². The minimum Gasteiger partial charge on any atom is -0.330 e. The zero-order valence-corrected chi connectivity index (χ0v) is 16.3. The van der Waals surface area contributed by atoms with Gasteiger partial charge in [0.15, 0.2) is 5.65 Å². The monoisotopic (exact) mass is 399 g/mol. The fourth-order valence-electron chi connectivity index (χ4n) is 3.48. The number of aromatic nitrogens is 7. The van der Waals surface area contributed by atoms with E-state index in [0.29, 0.717) is 17.3 Å². The molecule has 6 aromatic rings. The van der Waals surface area contributed by atoms with Gasteiger partial charge in [-0.3, -0.25) is 0 Å². The zero-order valence-electron chi connectivity index (χ0n) is 15.5. The van der Waals surface area contributed by atoms with Crippen molar-refractivity contribution < 1.29 is 4.52 Å². The number of thiophene rings is 1. The van der Waals surface area contributed by atoms with Crippen LogP contribution in [0.3, 0.4) is 0 Å². The second-order valence-electron chi connectivity index (χ2n) is 6.78. The van der Waals surface area contributed by atoms with Crippen LogP contribution in [0.2, 0.25) is 0 Å². The molecule has 0 saturated heterocycles. The van der Waals surface area contributed by atoms with E-state index in [2.05, 4.69) is 43.2 Å². The minimum atomic E-state index is 0.270. The summed E-state index contributed by atoms with van der Waals surface area (Å²) in [5, 5.41) is 9.60. The van der Waals surface area contributed by atoms with Crippen molar-refractivity contribution in [3.63, 3.8) is 0 Å². The van der Waals surface area contributed by atoms with E-state index in [1.807, 2.05) is 37.3 Å². The SMILES string of the molecule is Cc1cc(C)c2c(n1)sc1c2ncn2nc(-c3nc(-c4ccccc4)no3)nc12. The van der Waals surface area contributed by atoms with Crippen molar-refractivity contribution >= 4 is 37.4 Å². The lowest BCUT2D eigenvalue weighted by molar-refractivity contribution is 0.429. The second-order valence-corrected chi connectivity index (χ2v) is 7.78. The maximum absolute atomic E-state index is 5.41. The Balaban J connectivity index is 1.54. The van der Waals surface area contributed by atoms with Gasteiger partial charge in [-0.15, -0.1) is 16.4 Å². The third-order valence-electron chi connectivity index (χ3n) is 4.74. The van der Waals surface area contributed by atoms with Crippen LogP contribution in [0.5, 0.6) is 0 Å². The van der Waals surface area contributed by atoms with Crippen LogP contribution in [-0.4, -0.2) is 34.7 Å². The minimum absolute atomic E-state index is 0.270. The summed E-state index contributed by atoms with van der Waals surface area (Å²) < 4.78 is 7.99. The molecule has 140 valence electrons. The number of nitrogens with zero attached hydrogens (tertiary/aromatic N) is 7. The predicted molar refractivity (Wildman–Crippen MR) is 110 cm³/mol. The Bertz CT molecular complexity index is 1530. The van der Waals surface area contributed by atoms with Gasteiger partial charge in [0, 0.05) is 16.6 Å². The lowest BCUT2D eigenvalue weighted by atomic mass is 10.1. The maximum atomic E-state index is 5.41. The molecule has 0 atom stereocenters. The third kappa shape index (κ3) is 2.44. The molecule has 5 aromatic heterocycles. The van der Waals surface area contributed by atoms with Crippen LogP contribution in [0, 0.1) is 13.8 Å². The zero-order chi connectivity index (χ0) is 19.5. The summed E-state index contributed by atoms with van der Waals surface area (Å²) in [5.41, 5.74) is 4.59. The number of benzene rings is 1. The normalized spacial score (nSPS) is 11.8. The van der Waals surface area contributed by atoms with Gasteiger partial charge in [-0.1, -0.05) is 35.5 Å². The summed E-state index contributed by atoms with van der Waals surface area (Å²) in [6, 6.07) is 11.7. The number of aryl methyl sites for hydroxylation is 2. The number of hydrogen-bond acceptors (Lipinski definition) is 8. The smallest absolute Gasteiger partial charge is 0.297 e. The Kier molecular flexibility index (Phi) is 3.30. The molecule has 0 N–H and O–H groups in total. The van der Waals surface area contributed by atoms with Crippen LogP contribution in [0.4, 0.5) is 0 Å². The first-order valence-corrected chi connectivity index (χ1v) is 9.80. The summed E-state index contributed by atoms with van der Waals surface area (Å²) in [4.78, 5) is 19.3. The van der Waals surface area contributed by atoms with Crippen LogP contribution < -0.4 is 0 Å². The van der Waals surface area contributed by atoms with Gasteiger partial charge in [-0.05, 0) is 25.5 Å². The van der Waals surface area contributed by atoms with Gasteiger partial charge in [0.25, 0.3) is 5.89 Å². The standard InChI is InChI=1S/C20H13N7OS/c1-10-8-11(2)22-20-13(10)14-15(29-20)18-23-17(25-27(18)9-21-14)19-24-16(26-28-19)12-6-4-3-5-7-12/h3-9H,1-2H3. The van der Waals surface area contributed by atoms with Crippen molar-refractivity contribution in [2.75, 3.05) is 0 Å². The van der Waals surface area contributed by atoms with Gasteiger partial charge in [0.2, 0.25) is 11.6 Å². The highest BCUT2D eigenvalue weighted by atomic mass is 32.1. The van der Waals surface area contributed by atoms with Crippen LogP contribution >= 0.6 is 11.3 Å². The van der Waals surface area contributed by atoms with E-state index in [1.165, 1.54) is 0 Å². The molecular formula is C20H13N7OS. The van der Waals surface area contributed by atoms with E-state index in [4.69, 9.17) is 4.52 Å². The highest BCUT2D eigenvalue weighted by Crippen LogP contribution is 2.35. The van der Waals surface area contributed by atoms with Crippen molar-refractivity contribution in [3.8, 4) is 23.1 Å². The molecule has 8 nitrogen and oxygen atoms in total. The molecule has 0 saturated carbocycles. The topological polar surface area (TPSA) is 94.9 Å². The highest BCUT2D eigenvalue weighted by molar-refractivity contribution is 7.26. The predicted octanol–water partition coefficient (Wildman–Crippen LogP) is 4.22. The molecule has 9 heteroatoms. The molecule has 0 aliphatic carbocycles. The molecule has 5 heterocycles. The van der Waals surface area contributed by atoms with Crippen molar-refractivity contribution in [2.24, 2.45) is 0 Å². The summed E-state index contributed by atoms with van der Waals surface area (Å²) in [5.74, 6) is 1.14. The number of hydrogen-bond donors (Lipinski definition) is 0. The molecule has 1 aromatic carbocycles. The van der Waals surface area contributed by atoms with Crippen molar-refractivity contribution in [1.29, 1.82) is 0 Å². The lowest BCUT2D eigenvalue weighted by Gasteiger charge is -1.98. The Morgan fingerprint density at radius 3 is 2.72 bits per heavy atom. The van der Waals surface area contributed by atoms with Gasteiger partial charge in [-0.25, -0.2) is 19.5 Å². The van der Waals surface area contributed by atoms with E-state index in [9.17, 15) is 0 Å². The number of fused-ring (bicyclic) bond motifs is 5. The van der Waals surface area contributed by atoms with Crippen LogP contribution in [0.1, 0.15) is 11.3 Å². The van der Waals surface area contributed by atoms with Gasteiger partial charge in [-0.2, -0.15) is 4.98 Å². The molecule has 0 aliphatic rings. The number of rotatable bonds is 2. The quantitative estimate of drug-likeness (QED) is 0.430. The summed E-state index contributed by atoms with van der Waals surface area (Å²) in [6.07, 6.45) is 1.66. The molecule has 0 fully saturated rings. The summed E-state index contributed by atoms with van der Waals surface area (Å²) in [7, 11) is 0. The maximum Gasteiger partial charge on any atom is 0.297 e. The van der Waals surface area contributed by atoms with Gasteiger partial charge >= 0.3 is 0 Å². The first-order chi connectivity index (χ1) is 14.2. The van der Waals surface area contributed by atoms with E-state index >= 15 is 0 Å². The van der Waals surface area contributed by atoms with E-state index < -0.39 is 0 Å². The first kappa shape index (κ1) is 16.3. The van der Waals surface area contributed by atoms with Crippen LogP contribution in [0.15, 0.2) is 47.2 Å². The van der Waals surface area contributed by atoms with Crippen molar-refractivity contribution in [3.05, 3.63) is 54.0 Å². The fourth-order valence-corrected chi connectivity index (χ4v) is 4.70. The molecular weight excluding hydrogens is 386 g/mol. The molecule has 0 bridgehead atoms. The molecule has 0 radical (unpaired) electrons. The Morgan fingerprint density at radius 2 is 1.86 bits per heavy atom. The van der Waals surface area contributed by atoms with E-state index in [-0.39, 0.29) is 5.89 Å². The highest BCUT2D eigenvalue weighted by Gasteiger charge is 2.19. The Morgan fingerprint density at radius 1 is 1.00 bits per heavy atom. The average Bonchev–Trinajstić information content (AvgIpc) is 3.43. The van der Waals surface area contributed by atoms with Gasteiger partial charge in [0.05, 0.1) is 5.52 Å². The molecule has 0 amide bonds. The van der Waals surface area contributed by atoms with E-state index in [0.717, 1.165) is 37.3 Å². The molecule has 0 unspecified atom stereocenters. The van der Waals surface area contributed by atoms with E-state index in [1.54, 1.807) is 22.2 Å². The lowest BCUT2D eigenvalue weighted by Crippen LogP contribution is -1.90. The van der Waals surface area contributed by atoms with Gasteiger partial charge < -0.3 is 4.52 Å². The van der Waals surface area contributed by atoms with Crippen molar-refractivity contribution in [1.82, 2.24) is 34.7 Å². The largest absolute Gasteiger partial charge is 0.330 e. The average molecular weight is 399 g/mol. The molecule has 0 aliphatic heterocycles. The molecule has 6 rings (SSSR count). The first-order valence-electron chi connectivity index (χ1n) is 8.99. The van der Waals surface area contributed by atoms with Crippen molar-refractivity contribution in [2.45, 2.75) is 13.8 Å². The van der Waals surface area contributed by atoms with Crippen LogP contribution in [-0.2, 0) is 0 Å². The molecule has 0 spiro atoms. The fraction of sp³-hybridized carbons (Fsp3) is 0.100.